The summed E-state index contributed by atoms with van der Waals surface area (Å²) in [5.74, 6) is 3.38. The number of amides is 2. The maximum Gasteiger partial charge on any atom is 0.226 e. The second-order valence-corrected chi connectivity index (χ2v) is 13.0. The average Bonchev–Trinajstić information content (AvgIpc) is 3.34. The molecular formula is C28H37N5O2. The Bertz CT molecular complexity index is 1170. The van der Waals surface area contributed by atoms with Gasteiger partial charge < -0.3 is 10.3 Å². The van der Waals surface area contributed by atoms with Crippen molar-refractivity contribution in [1.82, 2.24) is 20.3 Å². The summed E-state index contributed by atoms with van der Waals surface area (Å²) in [6.45, 7) is 4.99. The van der Waals surface area contributed by atoms with Crippen LogP contribution in [-0.4, -0.2) is 32.8 Å². The lowest BCUT2D eigenvalue weighted by atomic mass is 9.44. The molecule has 2 aromatic rings. The minimum Gasteiger partial charge on any atom is -0.352 e. The summed E-state index contributed by atoms with van der Waals surface area (Å²) in [5, 5.41) is 6.49. The van der Waals surface area contributed by atoms with Crippen LogP contribution in [0.3, 0.4) is 0 Å². The molecule has 186 valence electrons. The van der Waals surface area contributed by atoms with E-state index in [0.717, 1.165) is 24.3 Å². The van der Waals surface area contributed by atoms with Crippen LogP contribution in [0.4, 0.5) is 5.95 Å². The van der Waals surface area contributed by atoms with Gasteiger partial charge in [-0.25, -0.2) is 4.98 Å². The van der Waals surface area contributed by atoms with Gasteiger partial charge in [-0.2, -0.15) is 4.98 Å². The van der Waals surface area contributed by atoms with E-state index in [1.54, 1.807) is 6.20 Å². The molecule has 3 N–H and O–H groups in total. The van der Waals surface area contributed by atoms with Crippen LogP contribution in [0.15, 0.2) is 18.3 Å². The monoisotopic (exact) mass is 475 g/mol. The quantitative estimate of drug-likeness (QED) is 0.593. The van der Waals surface area contributed by atoms with Crippen molar-refractivity contribution in [2.75, 3.05) is 5.32 Å². The minimum atomic E-state index is 0.0578. The Balaban J connectivity index is 1.09. The molecule has 1 spiro atoms. The SMILES string of the molecule is C[C@]12CCC(=O)NC1C1(CC1)CC1C2CC[C@]2(C)[C@@H](CC(=O)Nc3nc4ncccc4[nH]3)CC[C@@H]12. The number of imidazole rings is 1. The van der Waals surface area contributed by atoms with Gasteiger partial charge in [0, 0.05) is 25.1 Å². The molecule has 0 aromatic carbocycles. The van der Waals surface area contributed by atoms with Gasteiger partial charge in [-0.1, -0.05) is 13.8 Å². The fraction of sp³-hybridized carbons (Fsp3) is 0.714. The molecule has 4 saturated carbocycles. The van der Waals surface area contributed by atoms with Crippen LogP contribution < -0.4 is 10.6 Å². The summed E-state index contributed by atoms with van der Waals surface area (Å²) in [5.41, 5.74) is 2.27. The molecule has 0 radical (unpaired) electrons. The number of H-pyrrole nitrogens is 1. The van der Waals surface area contributed by atoms with Crippen molar-refractivity contribution in [3.63, 3.8) is 0 Å². The first-order valence-corrected chi connectivity index (χ1v) is 13.7. The molecule has 2 aromatic heterocycles. The summed E-state index contributed by atoms with van der Waals surface area (Å²) in [6, 6.07) is 4.16. The maximum atomic E-state index is 13.1. The highest BCUT2D eigenvalue weighted by atomic mass is 16.2. The molecule has 4 aliphatic carbocycles. The van der Waals surface area contributed by atoms with Gasteiger partial charge >= 0.3 is 0 Å². The van der Waals surface area contributed by atoms with Gasteiger partial charge in [0.15, 0.2) is 5.65 Å². The minimum absolute atomic E-state index is 0.0578. The Morgan fingerprint density at radius 1 is 1.11 bits per heavy atom. The van der Waals surface area contributed by atoms with E-state index in [4.69, 9.17) is 0 Å². The number of carbonyl (C=O) groups excluding carboxylic acids is 2. The third-order valence-electron chi connectivity index (χ3n) is 11.4. The number of nitrogens with one attached hydrogen (secondary N) is 3. The Hall–Kier alpha value is -2.44. The number of aromatic nitrogens is 3. The first-order valence-electron chi connectivity index (χ1n) is 13.7. The van der Waals surface area contributed by atoms with Crippen molar-refractivity contribution in [1.29, 1.82) is 0 Å². The van der Waals surface area contributed by atoms with Gasteiger partial charge in [0.2, 0.25) is 17.8 Å². The van der Waals surface area contributed by atoms with E-state index in [9.17, 15) is 9.59 Å². The van der Waals surface area contributed by atoms with Crippen LogP contribution >= 0.6 is 0 Å². The zero-order chi connectivity index (χ0) is 24.0. The van der Waals surface area contributed by atoms with Gasteiger partial charge in [0.25, 0.3) is 0 Å². The molecule has 7 heteroatoms. The molecular weight excluding hydrogens is 438 g/mol. The summed E-state index contributed by atoms with van der Waals surface area (Å²) in [7, 11) is 0. The molecule has 7 atom stereocenters. The topological polar surface area (TPSA) is 99.8 Å². The van der Waals surface area contributed by atoms with Crippen LogP contribution in [-0.2, 0) is 9.59 Å². The molecule has 5 fully saturated rings. The predicted molar refractivity (Wildman–Crippen MR) is 133 cm³/mol. The van der Waals surface area contributed by atoms with Gasteiger partial charge in [0.1, 0.15) is 0 Å². The van der Waals surface area contributed by atoms with Crippen LogP contribution in [0, 0.1) is 39.9 Å². The van der Waals surface area contributed by atoms with Crippen molar-refractivity contribution in [2.45, 2.75) is 84.1 Å². The Morgan fingerprint density at radius 2 is 1.94 bits per heavy atom. The van der Waals surface area contributed by atoms with Gasteiger partial charge in [0.05, 0.1) is 5.52 Å². The number of piperidine rings is 1. The average molecular weight is 476 g/mol. The molecule has 3 unspecified atom stereocenters. The van der Waals surface area contributed by atoms with Gasteiger partial charge in [-0.05, 0) is 103 Å². The Morgan fingerprint density at radius 3 is 2.74 bits per heavy atom. The highest BCUT2D eigenvalue weighted by Crippen LogP contribution is 2.72. The number of carbonyl (C=O) groups is 2. The third-order valence-corrected chi connectivity index (χ3v) is 11.4. The number of nitrogens with zero attached hydrogens (tertiary/aromatic N) is 2. The Labute approximate surface area is 206 Å². The van der Waals surface area contributed by atoms with Gasteiger partial charge in [-0.15, -0.1) is 0 Å². The van der Waals surface area contributed by atoms with Crippen molar-refractivity contribution >= 4 is 28.9 Å². The van der Waals surface area contributed by atoms with Crippen LogP contribution in [0.5, 0.6) is 0 Å². The summed E-state index contributed by atoms with van der Waals surface area (Å²) in [4.78, 5) is 37.3. The molecule has 0 bridgehead atoms. The molecule has 7 nitrogen and oxygen atoms in total. The zero-order valence-corrected chi connectivity index (χ0v) is 20.9. The summed E-state index contributed by atoms with van der Waals surface area (Å²) < 4.78 is 0. The van der Waals surface area contributed by atoms with Crippen LogP contribution in [0.1, 0.15) is 78.1 Å². The van der Waals surface area contributed by atoms with Crippen molar-refractivity contribution in [2.24, 2.45) is 39.9 Å². The van der Waals surface area contributed by atoms with Crippen molar-refractivity contribution in [3.05, 3.63) is 18.3 Å². The molecule has 1 aliphatic heterocycles. The van der Waals surface area contributed by atoms with E-state index in [0.29, 0.717) is 53.6 Å². The number of hydrogen-bond donors (Lipinski definition) is 3. The van der Waals surface area contributed by atoms with E-state index in [1.165, 1.54) is 38.5 Å². The van der Waals surface area contributed by atoms with Crippen LogP contribution in [0.25, 0.3) is 11.2 Å². The first kappa shape index (κ1) is 21.8. The number of hydrogen-bond acceptors (Lipinski definition) is 4. The number of rotatable bonds is 3. The number of aromatic amines is 1. The van der Waals surface area contributed by atoms with E-state index < -0.39 is 0 Å². The first-order chi connectivity index (χ1) is 16.8. The van der Waals surface area contributed by atoms with Crippen molar-refractivity contribution in [3.8, 4) is 0 Å². The molecule has 3 heterocycles. The second-order valence-electron chi connectivity index (χ2n) is 13.0. The standard InChI is InChI=1S/C28H37N5O2/c1-26-9-7-19-17(15-28(11-12-28)24-27(19,2)10-8-21(34)31-24)18(26)6-5-16(26)14-22(35)32-25-30-20-4-3-13-29-23(20)33-25/h3-4,13,16-19,24H,5-12,14-15H2,1-2H3,(H,31,34)(H2,29,30,32,33,35)/t16-,17?,18+,19?,24?,26-,27-/m1/s1. The normalized spacial score (nSPS) is 41.1. The third kappa shape index (κ3) is 3.15. The molecule has 35 heavy (non-hydrogen) atoms. The van der Waals surface area contributed by atoms with E-state index in [2.05, 4.69) is 39.4 Å². The van der Waals surface area contributed by atoms with E-state index in [-0.39, 0.29) is 22.6 Å². The highest BCUT2D eigenvalue weighted by Gasteiger charge is 2.68. The van der Waals surface area contributed by atoms with E-state index in [1.807, 2.05) is 12.1 Å². The maximum absolute atomic E-state index is 13.1. The molecule has 5 aliphatic rings. The summed E-state index contributed by atoms with van der Waals surface area (Å²) >= 11 is 0. The zero-order valence-electron chi connectivity index (χ0n) is 20.9. The lowest BCUT2D eigenvalue weighted by molar-refractivity contribution is -0.147. The van der Waals surface area contributed by atoms with Crippen molar-refractivity contribution < 1.29 is 9.59 Å². The smallest absolute Gasteiger partial charge is 0.226 e. The number of pyridine rings is 1. The largest absolute Gasteiger partial charge is 0.352 e. The number of fused-ring (bicyclic) bond motifs is 7. The molecule has 2 amide bonds. The fourth-order valence-corrected chi connectivity index (χ4v) is 9.56. The Kier molecular flexibility index (Phi) is 4.55. The van der Waals surface area contributed by atoms with Crippen LogP contribution in [0.2, 0.25) is 0 Å². The lowest BCUT2D eigenvalue weighted by Gasteiger charge is -2.63. The predicted octanol–water partition coefficient (Wildman–Crippen LogP) is 4.81. The number of anilines is 1. The summed E-state index contributed by atoms with van der Waals surface area (Å²) in [6.07, 6.45) is 12.7. The fourth-order valence-electron chi connectivity index (χ4n) is 9.56. The molecule has 7 rings (SSSR count). The van der Waals surface area contributed by atoms with E-state index >= 15 is 0 Å². The lowest BCUT2D eigenvalue weighted by Crippen LogP contribution is -2.65. The van der Waals surface area contributed by atoms with Gasteiger partial charge in [-0.3, -0.25) is 14.9 Å². The molecule has 1 saturated heterocycles. The highest BCUT2D eigenvalue weighted by molar-refractivity contribution is 5.90. The second kappa shape index (κ2) is 7.30.